The van der Waals surface area contributed by atoms with Crippen LogP contribution in [0.1, 0.15) is 11.1 Å². The fraction of sp³-hybridized carbons (Fsp3) is 0.400. The number of methoxy groups -OCH3 is 1. The van der Waals surface area contributed by atoms with Gasteiger partial charge in [-0.3, -0.25) is 4.90 Å². The zero-order valence-electron chi connectivity index (χ0n) is 12.0. The lowest BCUT2D eigenvalue weighted by Crippen LogP contribution is -2.29. The Morgan fingerprint density at radius 1 is 1.29 bits per heavy atom. The van der Waals surface area contributed by atoms with Gasteiger partial charge in [-0.25, -0.2) is 4.79 Å². The molecule has 0 fully saturated rings. The monoisotopic (exact) mass is 295 g/mol. The van der Waals surface area contributed by atoms with Gasteiger partial charge in [-0.05, 0) is 23.8 Å². The van der Waals surface area contributed by atoms with E-state index in [9.17, 15) is 4.79 Å². The van der Waals surface area contributed by atoms with E-state index in [1.54, 1.807) is 19.2 Å². The summed E-state index contributed by atoms with van der Waals surface area (Å²) in [6.07, 6.45) is 2.58. The second-order valence-corrected chi connectivity index (χ2v) is 4.47. The van der Waals surface area contributed by atoms with Crippen LogP contribution in [0, 0.1) is 0 Å². The highest BCUT2D eigenvalue weighted by molar-refractivity contribution is 5.85. The number of carbonyl (C=O) groups is 1. The summed E-state index contributed by atoms with van der Waals surface area (Å²) in [6.45, 7) is 1.39. The number of aliphatic carboxylic acids is 1. The maximum absolute atomic E-state index is 10.6. The minimum Gasteiger partial charge on any atom is -0.496 e. The Hall–Kier alpha value is -1.89. The molecule has 0 radical (unpaired) electrons. The quantitative estimate of drug-likeness (QED) is 0.577. The van der Waals surface area contributed by atoms with E-state index in [1.165, 1.54) is 6.08 Å². The molecule has 6 nitrogen and oxygen atoms in total. The number of hydrogen-bond donors (Lipinski definition) is 3. The standard InChI is InChI=1S/C15H21NO5/c1-21-14-4-2-12(3-5-15(19)20)10-13(14)11-16(6-8-17)7-9-18/h2-5,10,17-18H,6-9,11H2,1H3,(H,19,20). The normalized spacial score (nSPS) is 11.2. The van der Waals surface area contributed by atoms with Crippen LogP contribution in [0.2, 0.25) is 0 Å². The van der Waals surface area contributed by atoms with Gasteiger partial charge in [0.1, 0.15) is 5.75 Å². The molecule has 0 atom stereocenters. The predicted octanol–water partition coefficient (Wildman–Crippen LogP) is 0.580. The summed E-state index contributed by atoms with van der Waals surface area (Å²) in [5.74, 6) is -0.321. The van der Waals surface area contributed by atoms with E-state index in [1.807, 2.05) is 11.0 Å². The van der Waals surface area contributed by atoms with Gasteiger partial charge < -0.3 is 20.1 Å². The molecule has 0 aliphatic heterocycles. The second-order valence-electron chi connectivity index (χ2n) is 4.47. The number of nitrogens with zero attached hydrogens (tertiary/aromatic N) is 1. The fourth-order valence-corrected chi connectivity index (χ4v) is 1.99. The van der Waals surface area contributed by atoms with Crippen molar-refractivity contribution in [3.63, 3.8) is 0 Å². The van der Waals surface area contributed by atoms with E-state index in [0.29, 0.717) is 25.4 Å². The molecule has 3 N–H and O–H groups in total. The molecule has 0 bridgehead atoms. The summed E-state index contributed by atoms with van der Waals surface area (Å²) in [7, 11) is 1.56. The van der Waals surface area contributed by atoms with Crippen LogP contribution in [0.5, 0.6) is 5.75 Å². The molecule has 6 heteroatoms. The first-order valence-corrected chi connectivity index (χ1v) is 6.62. The number of rotatable bonds is 9. The zero-order chi connectivity index (χ0) is 15.7. The van der Waals surface area contributed by atoms with Gasteiger partial charge >= 0.3 is 5.97 Å². The molecule has 1 aromatic carbocycles. The van der Waals surface area contributed by atoms with Crippen LogP contribution in [0.25, 0.3) is 6.08 Å². The third-order valence-corrected chi connectivity index (χ3v) is 2.95. The van der Waals surface area contributed by atoms with Crippen LogP contribution in [0.15, 0.2) is 24.3 Å². The minimum absolute atomic E-state index is 0.000916. The molecule has 116 valence electrons. The van der Waals surface area contributed by atoms with Crippen molar-refractivity contribution in [2.75, 3.05) is 33.4 Å². The highest BCUT2D eigenvalue weighted by Gasteiger charge is 2.10. The molecule has 0 saturated heterocycles. The van der Waals surface area contributed by atoms with Crippen molar-refractivity contribution < 1.29 is 24.9 Å². The van der Waals surface area contributed by atoms with Gasteiger partial charge in [-0.1, -0.05) is 6.07 Å². The van der Waals surface area contributed by atoms with E-state index in [4.69, 9.17) is 20.1 Å². The first kappa shape index (κ1) is 17.2. The van der Waals surface area contributed by atoms with Crippen molar-refractivity contribution in [3.8, 4) is 5.75 Å². The molecule has 0 saturated carbocycles. The minimum atomic E-state index is -1.01. The van der Waals surface area contributed by atoms with E-state index >= 15 is 0 Å². The molecular weight excluding hydrogens is 274 g/mol. The lowest BCUT2D eigenvalue weighted by atomic mass is 10.1. The molecule has 0 heterocycles. The van der Waals surface area contributed by atoms with Crippen LogP contribution in [-0.2, 0) is 11.3 Å². The van der Waals surface area contributed by atoms with Crippen molar-refractivity contribution in [3.05, 3.63) is 35.4 Å². The third-order valence-electron chi connectivity index (χ3n) is 2.95. The second kappa shape index (κ2) is 9.12. The first-order chi connectivity index (χ1) is 10.1. The largest absolute Gasteiger partial charge is 0.496 e. The van der Waals surface area contributed by atoms with E-state index in [2.05, 4.69) is 0 Å². The SMILES string of the molecule is COc1ccc(C=CC(=O)O)cc1CN(CCO)CCO. The van der Waals surface area contributed by atoms with Crippen LogP contribution in [0.3, 0.4) is 0 Å². The van der Waals surface area contributed by atoms with E-state index in [0.717, 1.165) is 17.2 Å². The average molecular weight is 295 g/mol. The lowest BCUT2D eigenvalue weighted by molar-refractivity contribution is -0.131. The van der Waals surface area contributed by atoms with Crippen molar-refractivity contribution >= 4 is 12.0 Å². The number of carboxylic acid groups (broad SMARTS) is 1. The molecule has 1 aromatic rings. The molecule has 0 amide bonds. The van der Waals surface area contributed by atoms with Gasteiger partial charge in [-0.15, -0.1) is 0 Å². The van der Waals surface area contributed by atoms with Gasteiger partial charge in [0.15, 0.2) is 0 Å². The summed E-state index contributed by atoms with van der Waals surface area (Å²) >= 11 is 0. The highest BCUT2D eigenvalue weighted by atomic mass is 16.5. The number of carboxylic acids is 1. The van der Waals surface area contributed by atoms with Crippen LogP contribution in [-0.4, -0.2) is 59.6 Å². The Morgan fingerprint density at radius 3 is 2.48 bits per heavy atom. The summed E-state index contributed by atoms with van der Waals surface area (Å²) in [5, 5.41) is 26.7. The molecule has 0 unspecified atom stereocenters. The van der Waals surface area contributed by atoms with Gasteiger partial charge in [0.2, 0.25) is 0 Å². The molecule has 1 rings (SSSR count). The average Bonchev–Trinajstić information content (AvgIpc) is 2.46. The highest BCUT2D eigenvalue weighted by Crippen LogP contribution is 2.22. The zero-order valence-corrected chi connectivity index (χ0v) is 12.0. The fourth-order valence-electron chi connectivity index (χ4n) is 1.99. The van der Waals surface area contributed by atoms with Crippen molar-refractivity contribution in [2.24, 2.45) is 0 Å². The maximum atomic E-state index is 10.6. The number of benzene rings is 1. The van der Waals surface area contributed by atoms with Gasteiger partial charge in [0.05, 0.1) is 20.3 Å². The smallest absolute Gasteiger partial charge is 0.328 e. The Labute approximate surface area is 123 Å². The first-order valence-electron chi connectivity index (χ1n) is 6.62. The van der Waals surface area contributed by atoms with Gasteiger partial charge in [-0.2, -0.15) is 0 Å². The van der Waals surface area contributed by atoms with Crippen molar-refractivity contribution in [1.29, 1.82) is 0 Å². The van der Waals surface area contributed by atoms with Crippen LogP contribution in [0.4, 0.5) is 0 Å². The molecule has 21 heavy (non-hydrogen) atoms. The van der Waals surface area contributed by atoms with Gasteiger partial charge in [0, 0.05) is 31.3 Å². The molecular formula is C15H21NO5. The molecule has 0 aliphatic rings. The topological polar surface area (TPSA) is 90.2 Å². The number of hydrogen-bond acceptors (Lipinski definition) is 5. The summed E-state index contributed by atoms with van der Waals surface area (Å²) < 4.78 is 5.29. The van der Waals surface area contributed by atoms with Gasteiger partial charge in [0.25, 0.3) is 0 Å². The van der Waals surface area contributed by atoms with E-state index in [-0.39, 0.29) is 13.2 Å². The Kier molecular flexibility index (Phi) is 7.45. The van der Waals surface area contributed by atoms with Crippen LogP contribution < -0.4 is 4.74 Å². The summed E-state index contributed by atoms with van der Waals surface area (Å²) in [5.41, 5.74) is 1.62. The predicted molar refractivity (Wildman–Crippen MR) is 79.1 cm³/mol. The Balaban J connectivity index is 2.95. The summed E-state index contributed by atoms with van der Waals surface area (Å²) in [6, 6.07) is 5.37. The lowest BCUT2D eigenvalue weighted by Gasteiger charge is -2.21. The maximum Gasteiger partial charge on any atom is 0.328 e. The van der Waals surface area contributed by atoms with Crippen molar-refractivity contribution in [1.82, 2.24) is 4.90 Å². The molecule has 0 aliphatic carbocycles. The Morgan fingerprint density at radius 2 is 1.95 bits per heavy atom. The molecule has 0 spiro atoms. The van der Waals surface area contributed by atoms with Crippen molar-refractivity contribution in [2.45, 2.75) is 6.54 Å². The number of ether oxygens (including phenoxy) is 1. The number of aliphatic hydroxyl groups is 2. The Bertz CT molecular complexity index is 481. The van der Waals surface area contributed by atoms with E-state index < -0.39 is 5.97 Å². The molecule has 0 aromatic heterocycles. The summed E-state index contributed by atoms with van der Waals surface area (Å²) in [4.78, 5) is 12.4. The number of aliphatic hydroxyl groups excluding tert-OH is 2. The third kappa shape index (κ3) is 5.95. The van der Waals surface area contributed by atoms with Crippen LogP contribution >= 0.6 is 0 Å².